The van der Waals surface area contributed by atoms with Crippen molar-refractivity contribution in [2.24, 2.45) is 0 Å². The van der Waals surface area contributed by atoms with Gasteiger partial charge in [-0.05, 0) is 39.0 Å². The van der Waals surface area contributed by atoms with Crippen molar-refractivity contribution >= 4 is 16.8 Å². The fourth-order valence-corrected chi connectivity index (χ4v) is 1.69. The molecule has 1 heterocycles. The average Bonchev–Trinajstić information content (AvgIpc) is 2.61. The summed E-state index contributed by atoms with van der Waals surface area (Å²) in [6.07, 6.45) is 1.85. The second-order valence-corrected chi connectivity index (χ2v) is 4.95. The van der Waals surface area contributed by atoms with Gasteiger partial charge in [-0.3, -0.25) is 4.79 Å². The van der Waals surface area contributed by atoms with E-state index in [1.165, 1.54) is 0 Å². The molecular weight excluding hydrogens is 200 g/mol. The van der Waals surface area contributed by atoms with Crippen molar-refractivity contribution in [2.75, 3.05) is 0 Å². The van der Waals surface area contributed by atoms with Crippen molar-refractivity contribution in [1.29, 1.82) is 0 Å². The number of hydrogen-bond donors (Lipinski definition) is 2. The first-order chi connectivity index (χ1) is 7.47. The zero-order valence-corrected chi connectivity index (χ0v) is 9.79. The van der Waals surface area contributed by atoms with E-state index in [4.69, 9.17) is 0 Å². The number of carbonyl (C=O) groups excluding carboxylic acids is 1. The van der Waals surface area contributed by atoms with Crippen LogP contribution in [0.2, 0.25) is 0 Å². The van der Waals surface area contributed by atoms with Crippen molar-refractivity contribution < 1.29 is 4.79 Å². The molecule has 0 saturated carbocycles. The van der Waals surface area contributed by atoms with Gasteiger partial charge in [0.05, 0.1) is 0 Å². The predicted octanol–water partition coefficient (Wildman–Crippen LogP) is 2.70. The number of amides is 1. The summed E-state index contributed by atoms with van der Waals surface area (Å²) >= 11 is 0. The molecule has 2 N–H and O–H groups in total. The second-order valence-electron chi connectivity index (χ2n) is 4.95. The minimum Gasteiger partial charge on any atom is -0.361 e. The Morgan fingerprint density at radius 3 is 2.69 bits per heavy atom. The molecule has 16 heavy (non-hydrogen) atoms. The van der Waals surface area contributed by atoms with Crippen molar-refractivity contribution in [2.45, 2.75) is 26.3 Å². The highest BCUT2D eigenvalue weighted by molar-refractivity contribution is 6.06. The van der Waals surface area contributed by atoms with E-state index in [1.54, 1.807) is 0 Å². The summed E-state index contributed by atoms with van der Waals surface area (Å²) in [6.45, 7) is 5.92. The Balaban J connectivity index is 2.40. The van der Waals surface area contributed by atoms with Crippen LogP contribution in [0.25, 0.3) is 10.9 Å². The molecule has 0 aliphatic heterocycles. The van der Waals surface area contributed by atoms with E-state index < -0.39 is 0 Å². The fourth-order valence-electron chi connectivity index (χ4n) is 1.69. The Kier molecular flexibility index (Phi) is 2.46. The number of nitrogens with one attached hydrogen (secondary N) is 2. The van der Waals surface area contributed by atoms with Gasteiger partial charge in [-0.25, -0.2) is 0 Å². The molecule has 0 bridgehead atoms. The number of benzene rings is 1. The van der Waals surface area contributed by atoms with Crippen LogP contribution in [0.15, 0.2) is 30.5 Å². The van der Waals surface area contributed by atoms with Crippen LogP contribution in [0.4, 0.5) is 0 Å². The summed E-state index contributed by atoms with van der Waals surface area (Å²) in [4.78, 5) is 15.1. The summed E-state index contributed by atoms with van der Waals surface area (Å²) in [5, 5.41) is 3.93. The summed E-state index contributed by atoms with van der Waals surface area (Å²) in [7, 11) is 0. The SMILES string of the molecule is CC(C)(C)NC(=O)c1cccc2[nH]ccc12. The molecule has 0 fully saturated rings. The number of fused-ring (bicyclic) bond motifs is 1. The average molecular weight is 216 g/mol. The van der Waals surface area contributed by atoms with Gasteiger partial charge < -0.3 is 10.3 Å². The van der Waals surface area contributed by atoms with E-state index >= 15 is 0 Å². The van der Waals surface area contributed by atoms with Gasteiger partial charge in [0.2, 0.25) is 0 Å². The van der Waals surface area contributed by atoms with Crippen molar-refractivity contribution in [1.82, 2.24) is 10.3 Å². The van der Waals surface area contributed by atoms with Crippen LogP contribution in [-0.4, -0.2) is 16.4 Å². The highest BCUT2D eigenvalue weighted by atomic mass is 16.1. The molecular formula is C13H16N2O. The molecule has 84 valence electrons. The standard InChI is InChI=1S/C13H16N2O/c1-13(2,3)15-12(16)10-5-4-6-11-9(10)7-8-14-11/h4-8,14H,1-3H3,(H,15,16). The minimum atomic E-state index is -0.213. The molecule has 3 nitrogen and oxygen atoms in total. The topological polar surface area (TPSA) is 44.9 Å². The molecule has 2 rings (SSSR count). The number of hydrogen-bond acceptors (Lipinski definition) is 1. The molecule has 0 aliphatic carbocycles. The third-order valence-corrected chi connectivity index (χ3v) is 2.33. The summed E-state index contributed by atoms with van der Waals surface area (Å²) in [6, 6.07) is 7.61. The lowest BCUT2D eigenvalue weighted by molar-refractivity contribution is 0.0921. The van der Waals surface area contributed by atoms with Gasteiger partial charge in [0, 0.05) is 28.2 Å². The molecule has 1 amide bonds. The van der Waals surface area contributed by atoms with E-state index in [9.17, 15) is 4.79 Å². The molecule has 0 atom stereocenters. The maximum absolute atomic E-state index is 12.0. The quantitative estimate of drug-likeness (QED) is 0.756. The fraction of sp³-hybridized carbons (Fsp3) is 0.308. The van der Waals surface area contributed by atoms with E-state index in [0.29, 0.717) is 5.56 Å². The molecule has 0 unspecified atom stereocenters. The normalized spacial score (nSPS) is 11.7. The first-order valence-corrected chi connectivity index (χ1v) is 5.36. The molecule has 2 aromatic rings. The third kappa shape index (κ3) is 2.08. The van der Waals surface area contributed by atoms with Crippen LogP contribution in [0.3, 0.4) is 0 Å². The van der Waals surface area contributed by atoms with Crippen LogP contribution >= 0.6 is 0 Å². The monoisotopic (exact) mass is 216 g/mol. The maximum atomic E-state index is 12.0. The van der Waals surface area contributed by atoms with Crippen LogP contribution in [0.5, 0.6) is 0 Å². The lowest BCUT2D eigenvalue weighted by Gasteiger charge is -2.20. The largest absolute Gasteiger partial charge is 0.361 e. The highest BCUT2D eigenvalue weighted by Crippen LogP contribution is 2.17. The molecule has 0 radical (unpaired) electrons. The number of aromatic amines is 1. The van der Waals surface area contributed by atoms with Gasteiger partial charge in [0.15, 0.2) is 0 Å². The van der Waals surface area contributed by atoms with Crippen LogP contribution < -0.4 is 5.32 Å². The lowest BCUT2D eigenvalue weighted by Crippen LogP contribution is -2.40. The number of carbonyl (C=O) groups is 1. The summed E-state index contributed by atoms with van der Waals surface area (Å²) < 4.78 is 0. The van der Waals surface area contributed by atoms with Crippen molar-refractivity contribution in [3.8, 4) is 0 Å². The van der Waals surface area contributed by atoms with Crippen LogP contribution in [-0.2, 0) is 0 Å². The second kappa shape index (κ2) is 3.67. The van der Waals surface area contributed by atoms with Crippen molar-refractivity contribution in [3.05, 3.63) is 36.0 Å². The highest BCUT2D eigenvalue weighted by Gasteiger charge is 2.16. The Bertz CT molecular complexity index is 520. The smallest absolute Gasteiger partial charge is 0.252 e. The van der Waals surface area contributed by atoms with E-state index in [0.717, 1.165) is 10.9 Å². The Morgan fingerprint density at radius 2 is 2.00 bits per heavy atom. The molecule has 0 aliphatic rings. The van der Waals surface area contributed by atoms with E-state index in [-0.39, 0.29) is 11.4 Å². The lowest BCUT2D eigenvalue weighted by atomic mass is 10.1. The van der Waals surface area contributed by atoms with Gasteiger partial charge in [0.25, 0.3) is 5.91 Å². The van der Waals surface area contributed by atoms with Crippen molar-refractivity contribution in [3.63, 3.8) is 0 Å². The number of aromatic nitrogens is 1. The zero-order chi connectivity index (χ0) is 11.8. The zero-order valence-electron chi connectivity index (χ0n) is 9.79. The van der Waals surface area contributed by atoms with Crippen LogP contribution in [0.1, 0.15) is 31.1 Å². The Labute approximate surface area is 94.9 Å². The summed E-state index contributed by atoms with van der Waals surface area (Å²) in [5.74, 6) is -0.0299. The van der Waals surface area contributed by atoms with Gasteiger partial charge in [0.1, 0.15) is 0 Å². The molecule has 1 aromatic heterocycles. The van der Waals surface area contributed by atoms with Gasteiger partial charge in [-0.15, -0.1) is 0 Å². The van der Waals surface area contributed by atoms with Gasteiger partial charge >= 0.3 is 0 Å². The van der Waals surface area contributed by atoms with Gasteiger partial charge in [-0.1, -0.05) is 6.07 Å². The van der Waals surface area contributed by atoms with E-state index in [1.807, 2.05) is 51.2 Å². The minimum absolute atomic E-state index is 0.0299. The summed E-state index contributed by atoms with van der Waals surface area (Å²) in [5.41, 5.74) is 1.49. The Hall–Kier alpha value is -1.77. The Morgan fingerprint density at radius 1 is 1.25 bits per heavy atom. The molecule has 3 heteroatoms. The maximum Gasteiger partial charge on any atom is 0.252 e. The number of rotatable bonds is 1. The van der Waals surface area contributed by atoms with Gasteiger partial charge in [-0.2, -0.15) is 0 Å². The molecule has 1 aromatic carbocycles. The first kappa shape index (κ1) is 10.7. The molecule has 0 saturated heterocycles. The number of H-pyrrole nitrogens is 1. The molecule has 0 spiro atoms. The van der Waals surface area contributed by atoms with Crippen LogP contribution in [0, 0.1) is 0 Å². The van der Waals surface area contributed by atoms with E-state index in [2.05, 4.69) is 10.3 Å². The predicted molar refractivity (Wildman–Crippen MR) is 65.5 cm³/mol. The first-order valence-electron chi connectivity index (χ1n) is 5.36. The third-order valence-electron chi connectivity index (χ3n) is 2.33.